The van der Waals surface area contributed by atoms with Crippen molar-refractivity contribution in [3.63, 3.8) is 0 Å². The number of carbonyl (C=O) groups excluding carboxylic acids is 1. The molecular formula is C15H22O3. The number of aldehydes is 1. The highest BCUT2D eigenvalue weighted by atomic mass is 16.5. The first kappa shape index (κ1) is 14.6. The Morgan fingerprint density at radius 1 is 0.944 bits per heavy atom. The molecule has 0 aliphatic rings. The Labute approximate surface area is 109 Å². The first-order valence-corrected chi connectivity index (χ1v) is 6.37. The van der Waals surface area contributed by atoms with Gasteiger partial charge >= 0.3 is 0 Å². The van der Waals surface area contributed by atoms with E-state index in [2.05, 4.69) is 27.7 Å². The highest BCUT2D eigenvalue weighted by Crippen LogP contribution is 2.23. The summed E-state index contributed by atoms with van der Waals surface area (Å²) < 4.78 is 11.2. The minimum atomic E-state index is 0.449. The first-order chi connectivity index (χ1) is 8.51. The van der Waals surface area contributed by atoms with Crippen LogP contribution in [0.15, 0.2) is 18.2 Å². The average Bonchev–Trinajstić information content (AvgIpc) is 2.33. The summed E-state index contributed by atoms with van der Waals surface area (Å²) in [5.74, 6) is 2.27. The molecule has 0 N–H and O–H groups in total. The summed E-state index contributed by atoms with van der Waals surface area (Å²) in [6.07, 6.45) is 0.810. The second-order valence-corrected chi connectivity index (χ2v) is 5.27. The molecule has 3 heteroatoms. The smallest absolute Gasteiger partial charge is 0.150 e. The molecule has 0 saturated carbocycles. The van der Waals surface area contributed by atoms with Crippen LogP contribution in [0.4, 0.5) is 0 Å². The summed E-state index contributed by atoms with van der Waals surface area (Å²) in [6.45, 7) is 9.59. The minimum absolute atomic E-state index is 0.449. The van der Waals surface area contributed by atoms with Gasteiger partial charge in [0.15, 0.2) is 0 Å². The lowest BCUT2D eigenvalue weighted by Crippen LogP contribution is -2.07. The van der Waals surface area contributed by atoms with Gasteiger partial charge in [-0.1, -0.05) is 27.7 Å². The molecule has 0 bridgehead atoms. The van der Waals surface area contributed by atoms with Crippen LogP contribution < -0.4 is 9.47 Å². The number of hydrogen-bond acceptors (Lipinski definition) is 3. The molecule has 0 atom stereocenters. The summed E-state index contributed by atoms with van der Waals surface area (Å²) >= 11 is 0. The van der Waals surface area contributed by atoms with Gasteiger partial charge in [-0.15, -0.1) is 0 Å². The Morgan fingerprint density at radius 3 is 1.72 bits per heavy atom. The minimum Gasteiger partial charge on any atom is -0.493 e. The van der Waals surface area contributed by atoms with Crippen LogP contribution in [-0.4, -0.2) is 19.5 Å². The summed E-state index contributed by atoms with van der Waals surface area (Å²) in [5.41, 5.74) is 0.579. The summed E-state index contributed by atoms with van der Waals surface area (Å²) in [6, 6.07) is 5.30. The quantitative estimate of drug-likeness (QED) is 0.694. The number of carbonyl (C=O) groups is 1. The van der Waals surface area contributed by atoms with Crippen molar-refractivity contribution in [1.82, 2.24) is 0 Å². The normalized spacial score (nSPS) is 10.8. The van der Waals surface area contributed by atoms with E-state index in [9.17, 15) is 4.79 Å². The van der Waals surface area contributed by atoms with E-state index < -0.39 is 0 Å². The topological polar surface area (TPSA) is 35.5 Å². The molecule has 0 aliphatic heterocycles. The highest BCUT2D eigenvalue weighted by molar-refractivity contribution is 5.76. The van der Waals surface area contributed by atoms with Crippen LogP contribution in [0.25, 0.3) is 0 Å². The molecule has 1 aromatic carbocycles. The molecule has 0 spiro atoms. The lowest BCUT2D eigenvalue weighted by molar-refractivity contribution is 0.112. The molecule has 0 unspecified atom stereocenters. The van der Waals surface area contributed by atoms with Crippen molar-refractivity contribution in [2.75, 3.05) is 13.2 Å². The van der Waals surface area contributed by atoms with Gasteiger partial charge in [0.05, 0.1) is 13.2 Å². The fourth-order valence-corrected chi connectivity index (χ4v) is 1.35. The van der Waals surface area contributed by atoms with Crippen molar-refractivity contribution in [2.45, 2.75) is 27.7 Å². The second kappa shape index (κ2) is 7.04. The molecule has 0 aromatic heterocycles. The molecule has 0 amide bonds. The maximum Gasteiger partial charge on any atom is 0.150 e. The lowest BCUT2D eigenvalue weighted by Gasteiger charge is -2.13. The Balaban J connectivity index is 2.77. The van der Waals surface area contributed by atoms with Gasteiger partial charge in [-0.2, -0.15) is 0 Å². The van der Waals surface area contributed by atoms with Gasteiger partial charge in [0.25, 0.3) is 0 Å². The van der Waals surface area contributed by atoms with Crippen LogP contribution in [0.1, 0.15) is 38.1 Å². The number of rotatable bonds is 7. The largest absolute Gasteiger partial charge is 0.493 e. The zero-order valence-electron chi connectivity index (χ0n) is 11.6. The van der Waals surface area contributed by atoms with Crippen molar-refractivity contribution >= 4 is 6.29 Å². The number of hydrogen-bond donors (Lipinski definition) is 0. The highest BCUT2D eigenvalue weighted by Gasteiger charge is 2.05. The van der Waals surface area contributed by atoms with Gasteiger partial charge in [-0.05, 0) is 24.0 Å². The molecule has 1 aromatic rings. The first-order valence-electron chi connectivity index (χ1n) is 6.37. The molecule has 0 aliphatic carbocycles. The zero-order valence-corrected chi connectivity index (χ0v) is 11.6. The Kier molecular flexibility index (Phi) is 5.69. The van der Waals surface area contributed by atoms with Gasteiger partial charge in [-0.25, -0.2) is 0 Å². The van der Waals surface area contributed by atoms with E-state index in [0.717, 1.165) is 6.29 Å². The van der Waals surface area contributed by atoms with E-state index in [1.54, 1.807) is 12.1 Å². The van der Waals surface area contributed by atoms with Crippen LogP contribution in [0.3, 0.4) is 0 Å². The maximum atomic E-state index is 10.9. The average molecular weight is 250 g/mol. The van der Waals surface area contributed by atoms with E-state index in [0.29, 0.717) is 42.1 Å². The van der Waals surface area contributed by atoms with Crippen LogP contribution >= 0.6 is 0 Å². The third-order valence-electron chi connectivity index (χ3n) is 2.21. The van der Waals surface area contributed by atoms with Crippen molar-refractivity contribution in [2.24, 2.45) is 11.8 Å². The van der Waals surface area contributed by atoms with Crippen molar-refractivity contribution in [3.05, 3.63) is 23.8 Å². The predicted molar refractivity (Wildman–Crippen MR) is 72.5 cm³/mol. The molecule has 18 heavy (non-hydrogen) atoms. The van der Waals surface area contributed by atoms with Gasteiger partial charge in [-0.3, -0.25) is 4.79 Å². The van der Waals surface area contributed by atoms with Crippen LogP contribution in [0, 0.1) is 11.8 Å². The lowest BCUT2D eigenvalue weighted by atomic mass is 10.2. The third kappa shape index (κ3) is 5.21. The van der Waals surface area contributed by atoms with E-state index in [1.807, 2.05) is 6.07 Å². The van der Waals surface area contributed by atoms with Gasteiger partial charge in [0, 0.05) is 11.6 Å². The predicted octanol–water partition coefficient (Wildman–Crippen LogP) is 3.57. The molecule has 3 nitrogen and oxygen atoms in total. The van der Waals surface area contributed by atoms with E-state index in [1.165, 1.54) is 0 Å². The van der Waals surface area contributed by atoms with Gasteiger partial charge < -0.3 is 9.47 Å². The molecule has 0 saturated heterocycles. The summed E-state index contributed by atoms with van der Waals surface area (Å²) in [7, 11) is 0. The molecule has 0 heterocycles. The standard InChI is InChI=1S/C15H22O3/c1-11(2)9-17-14-5-13(8-16)6-15(7-14)18-10-12(3)4/h5-8,11-12H,9-10H2,1-4H3. The molecule has 0 fully saturated rings. The van der Waals surface area contributed by atoms with Crippen molar-refractivity contribution < 1.29 is 14.3 Å². The molecule has 0 radical (unpaired) electrons. The number of benzene rings is 1. The number of ether oxygens (including phenoxy) is 2. The molecule has 1 rings (SSSR count). The fraction of sp³-hybridized carbons (Fsp3) is 0.533. The van der Waals surface area contributed by atoms with E-state index in [4.69, 9.17) is 9.47 Å². The third-order valence-corrected chi connectivity index (χ3v) is 2.21. The Hall–Kier alpha value is -1.51. The van der Waals surface area contributed by atoms with Gasteiger partial charge in [0.2, 0.25) is 0 Å². The van der Waals surface area contributed by atoms with E-state index >= 15 is 0 Å². The molecule has 100 valence electrons. The Bertz CT molecular complexity index is 353. The fourth-order valence-electron chi connectivity index (χ4n) is 1.35. The second-order valence-electron chi connectivity index (χ2n) is 5.27. The van der Waals surface area contributed by atoms with E-state index in [-0.39, 0.29) is 0 Å². The van der Waals surface area contributed by atoms with Crippen molar-refractivity contribution in [1.29, 1.82) is 0 Å². The van der Waals surface area contributed by atoms with Crippen LogP contribution in [0.5, 0.6) is 11.5 Å². The maximum absolute atomic E-state index is 10.9. The molecular weight excluding hydrogens is 228 g/mol. The van der Waals surface area contributed by atoms with Crippen molar-refractivity contribution in [3.8, 4) is 11.5 Å². The SMILES string of the molecule is CC(C)COc1cc(C=O)cc(OCC(C)C)c1. The summed E-state index contributed by atoms with van der Waals surface area (Å²) in [5, 5.41) is 0. The Morgan fingerprint density at radius 2 is 1.39 bits per heavy atom. The zero-order chi connectivity index (χ0) is 13.5. The monoisotopic (exact) mass is 250 g/mol. The van der Waals surface area contributed by atoms with Gasteiger partial charge in [0.1, 0.15) is 17.8 Å². The van der Waals surface area contributed by atoms with Crippen LogP contribution in [0.2, 0.25) is 0 Å². The van der Waals surface area contributed by atoms with Crippen LogP contribution in [-0.2, 0) is 0 Å². The summed E-state index contributed by atoms with van der Waals surface area (Å²) in [4.78, 5) is 10.9.